The molecule has 0 aromatic rings. The van der Waals surface area contributed by atoms with Gasteiger partial charge in [-0.1, -0.05) is 6.08 Å². The Morgan fingerprint density at radius 2 is 2.44 bits per heavy atom. The normalized spacial score (nSPS) is 46.7. The molecule has 1 nitrogen and oxygen atoms in total. The Balaban J connectivity index is 2.14. The van der Waals surface area contributed by atoms with E-state index >= 15 is 0 Å². The summed E-state index contributed by atoms with van der Waals surface area (Å²) in [6, 6.07) is 0. The summed E-state index contributed by atoms with van der Waals surface area (Å²) in [4.78, 5) is 10.9. The summed E-state index contributed by atoms with van der Waals surface area (Å²) >= 11 is 0. The monoisotopic (exact) mass is 122 g/mol. The molecule has 0 heterocycles. The molecule has 0 spiro atoms. The van der Waals surface area contributed by atoms with Gasteiger partial charge in [0.2, 0.25) is 0 Å². The van der Waals surface area contributed by atoms with Crippen molar-refractivity contribution in [3.05, 3.63) is 12.7 Å². The van der Waals surface area contributed by atoms with Crippen molar-refractivity contribution in [2.45, 2.75) is 12.8 Å². The van der Waals surface area contributed by atoms with Crippen molar-refractivity contribution in [1.82, 2.24) is 0 Å². The highest BCUT2D eigenvalue weighted by Gasteiger charge is 2.55. The van der Waals surface area contributed by atoms with Crippen molar-refractivity contribution in [2.75, 3.05) is 0 Å². The number of hydrogen-bond acceptors (Lipinski definition) is 1. The summed E-state index contributed by atoms with van der Waals surface area (Å²) < 4.78 is 0. The SMILES string of the molecule is C=C[C@H]1[C@H]2CCC(=O)[C@@H]12. The minimum Gasteiger partial charge on any atom is -0.299 e. The molecule has 0 saturated heterocycles. The fourth-order valence-corrected chi connectivity index (χ4v) is 2.02. The Labute approximate surface area is 54.8 Å². The third-order valence-corrected chi connectivity index (χ3v) is 2.60. The standard InChI is InChI=1S/C8H10O/c1-2-5-6-3-4-7(9)8(5)6/h2,5-6,8H,1,3-4H2/t5-,6+,8-/m0/s1. The van der Waals surface area contributed by atoms with E-state index in [1.165, 1.54) is 0 Å². The predicted octanol–water partition coefficient (Wildman–Crippen LogP) is 1.40. The Morgan fingerprint density at radius 1 is 1.67 bits per heavy atom. The molecule has 2 aliphatic rings. The average molecular weight is 122 g/mol. The molecular weight excluding hydrogens is 112 g/mol. The molecule has 0 N–H and O–H groups in total. The van der Waals surface area contributed by atoms with Gasteiger partial charge < -0.3 is 0 Å². The molecule has 0 bridgehead atoms. The number of carbonyl (C=O) groups excluding carboxylic acids is 1. The first-order valence-corrected chi connectivity index (χ1v) is 3.50. The Bertz CT molecular complexity index is 171. The molecule has 1 heteroatoms. The number of Topliss-reactive ketones (excluding diaryl/α,β-unsaturated/α-hetero) is 1. The van der Waals surface area contributed by atoms with E-state index < -0.39 is 0 Å². The third-order valence-electron chi connectivity index (χ3n) is 2.60. The third kappa shape index (κ3) is 0.521. The number of carbonyl (C=O) groups is 1. The van der Waals surface area contributed by atoms with E-state index in [0.29, 0.717) is 23.5 Å². The van der Waals surface area contributed by atoms with Gasteiger partial charge in [0, 0.05) is 12.3 Å². The zero-order valence-corrected chi connectivity index (χ0v) is 5.34. The lowest BCUT2D eigenvalue weighted by molar-refractivity contribution is -0.119. The van der Waals surface area contributed by atoms with E-state index in [4.69, 9.17) is 0 Å². The minimum absolute atomic E-state index is 0.405. The van der Waals surface area contributed by atoms with Crippen LogP contribution in [0.25, 0.3) is 0 Å². The van der Waals surface area contributed by atoms with E-state index in [0.717, 1.165) is 12.8 Å². The summed E-state index contributed by atoms with van der Waals surface area (Å²) in [5, 5.41) is 0. The van der Waals surface area contributed by atoms with Gasteiger partial charge in [-0.15, -0.1) is 6.58 Å². The van der Waals surface area contributed by atoms with Gasteiger partial charge in [0.1, 0.15) is 5.78 Å². The number of hydrogen-bond donors (Lipinski definition) is 0. The molecule has 0 aliphatic heterocycles. The van der Waals surface area contributed by atoms with Crippen molar-refractivity contribution < 1.29 is 4.79 Å². The van der Waals surface area contributed by atoms with Crippen LogP contribution in [-0.4, -0.2) is 5.78 Å². The summed E-state index contributed by atoms with van der Waals surface area (Å²) in [5.74, 6) is 2.15. The number of ketones is 1. The Kier molecular flexibility index (Phi) is 0.850. The van der Waals surface area contributed by atoms with Crippen LogP contribution in [0.15, 0.2) is 12.7 Å². The summed E-state index contributed by atoms with van der Waals surface area (Å²) in [6.07, 6.45) is 3.90. The van der Waals surface area contributed by atoms with Gasteiger partial charge in [0.05, 0.1) is 0 Å². The minimum atomic E-state index is 0.405. The molecule has 2 rings (SSSR count). The first kappa shape index (κ1) is 5.21. The summed E-state index contributed by atoms with van der Waals surface area (Å²) in [6.45, 7) is 3.69. The van der Waals surface area contributed by atoms with Crippen molar-refractivity contribution >= 4 is 5.78 Å². The fraction of sp³-hybridized carbons (Fsp3) is 0.625. The molecule has 0 radical (unpaired) electrons. The van der Waals surface area contributed by atoms with E-state index in [1.807, 2.05) is 6.08 Å². The van der Waals surface area contributed by atoms with E-state index in [2.05, 4.69) is 6.58 Å². The van der Waals surface area contributed by atoms with Crippen LogP contribution < -0.4 is 0 Å². The summed E-state index contributed by atoms with van der Waals surface area (Å²) in [7, 11) is 0. The van der Waals surface area contributed by atoms with Crippen molar-refractivity contribution in [3.63, 3.8) is 0 Å². The van der Waals surface area contributed by atoms with Crippen LogP contribution in [0.3, 0.4) is 0 Å². The Hall–Kier alpha value is -0.590. The molecule has 3 atom stereocenters. The maximum atomic E-state index is 10.9. The van der Waals surface area contributed by atoms with E-state index in [9.17, 15) is 4.79 Å². The van der Waals surface area contributed by atoms with Crippen molar-refractivity contribution in [3.8, 4) is 0 Å². The van der Waals surface area contributed by atoms with Crippen LogP contribution in [0, 0.1) is 17.8 Å². The summed E-state index contributed by atoms with van der Waals surface area (Å²) in [5.41, 5.74) is 0. The maximum absolute atomic E-state index is 10.9. The molecule has 2 saturated carbocycles. The average Bonchev–Trinajstić information content (AvgIpc) is 2.46. The highest BCUT2D eigenvalue weighted by atomic mass is 16.1. The molecule has 0 amide bonds. The van der Waals surface area contributed by atoms with Crippen LogP contribution in [0.5, 0.6) is 0 Å². The van der Waals surface area contributed by atoms with Crippen LogP contribution in [0.1, 0.15) is 12.8 Å². The zero-order valence-electron chi connectivity index (χ0n) is 5.34. The second kappa shape index (κ2) is 1.47. The van der Waals surface area contributed by atoms with Gasteiger partial charge >= 0.3 is 0 Å². The van der Waals surface area contributed by atoms with E-state index in [1.54, 1.807) is 0 Å². The van der Waals surface area contributed by atoms with Crippen LogP contribution in [0.4, 0.5) is 0 Å². The second-order valence-electron chi connectivity index (χ2n) is 3.01. The lowest BCUT2D eigenvalue weighted by atomic mass is 10.1. The Morgan fingerprint density at radius 3 is 2.78 bits per heavy atom. The molecule has 2 aliphatic carbocycles. The smallest absolute Gasteiger partial charge is 0.136 e. The maximum Gasteiger partial charge on any atom is 0.136 e. The molecule has 9 heavy (non-hydrogen) atoms. The van der Waals surface area contributed by atoms with Gasteiger partial charge in [-0.25, -0.2) is 0 Å². The predicted molar refractivity (Wildman–Crippen MR) is 34.9 cm³/mol. The van der Waals surface area contributed by atoms with Gasteiger partial charge in [-0.2, -0.15) is 0 Å². The van der Waals surface area contributed by atoms with Gasteiger partial charge in [0.15, 0.2) is 0 Å². The van der Waals surface area contributed by atoms with Crippen LogP contribution >= 0.6 is 0 Å². The number of fused-ring (bicyclic) bond motifs is 1. The first-order chi connectivity index (χ1) is 4.34. The second-order valence-corrected chi connectivity index (χ2v) is 3.01. The highest BCUT2D eigenvalue weighted by molar-refractivity contribution is 5.87. The zero-order chi connectivity index (χ0) is 6.43. The molecule has 48 valence electrons. The van der Waals surface area contributed by atoms with Crippen LogP contribution in [-0.2, 0) is 4.79 Å². The molecule has 2 fully saturated rings. The highest BCUT2D eigenvalue weighted by Crippen LogP contribution is 2.55. The van der Waals surface area contributed by atoms with Crippen molar-refractivity contribution in [1.29, 1.82) is 0 Å². The largest absolute Gasteiger partial charge is 0.299 e. The molecule has 0 aromatic heterocycles. The number of allylic oxidation sites excluding steroid dienone is 1. The molecule has 0 unspecified atom stereocenters. The van der Waals surface area contributed by atoms with E-state index in [-0.39, 0.29) is 0 Å². The van der Waals surface area contributed by atoms with Gasteiger partial charge in [-0.05, 0) is 18.3 Å². The lowest BCUT2D eigenvalue weighted by Crippen LogP contribution is -1.96. The molecular formula is C8H10O. The molecule has 0 aromatic carbocycles. The topological polar surface area (TPSA) is 17.1 Å². The van der Waals surface area contributed by atoms with Gasteiger partial charge in [0.25, 0.3) is 0 Å². The fourth-order valence-electron chi connectivity index (χ4n) is 2.02. The van der Waals surface area contributed by atoms with Gasteiger partial charge in [-0.3, -0.25) is 4.79 Å². The van der Waals surface area contributed by atoms with Crippen molar-refractivity contribution in [2.24, 2.45) is 17.8 Å². The van der Waals surface area contributed by atoms with Crippen LogP contribution in [0.2, 0.25) is 0 Å². The quantitative estimate of drug-likeness (QED) is 0.480. The lowest BCUT2D eigenvalue weighted by Gasteiger charge is -1.91. The first-order valence-electron chi connectivity index (χ1n) is 3.50. The number of rotatable bonds is 1.